The van der Waals surface area contributed by atoms with E-state index < -0.39 is 161 Å². The summed E-state index contributed by atoms with van der Waals surface area (Å²) in [5.74, 6) is -3.91. The second kappa shape index (κ2) is 48.6. The van der Waals surface area contributed by atoms with E-state index >= 15 is 0 Å². The number of aliphatic hydroxyl groups is 10. The predicted octanol–water partition coefficient (Wildman–Crippen LogP) is -2.64. The number of phosphoric ester groups is 1. The molecule has 3 aliphatic heterocycles. The topological polar surface area (TPSA) is 551 Å². The summed E-state index contributed by atoms with van der Waals surface area (Å²) < 4.78 is 55.4. The van der Waals surface area contributed by atoms with Gasteiger partial charge in [0.15, 0.2) is 24.7 Å². The third kappa shape index (κ3) is 32.8. The molecule has 18 N–H and O–H groups in total. The predicted molar refractivity (Wildman–Crippen MR) is 364 cm³/mol. The van der Waals surface area contributed by atoms with E-state index in [0.717, 1.165) is 7.11 Å². The summed E-state index contributed by atoms with van der Waals surface area (Å²) >= 11 is 0. The summed E-state index contributed by atoms with van der Waals surface area (Å²) in [6.45, 7) is 1.28. The molecule has 37 heteroatoms. The molecule has 104 heavy (non-hydrogen) atoms. The van der Waals surface area contributed by atoms with Crippen molar-refractivity contribution in [3.8, 4) is 0 Å². The van der Waals surface area contributed by atoms with Crippen LogP contribution in [0.4, 0.5) is 0 Å². The van der Waals surface area contributed by atoms with Gasteiger partial charge in [0.25, 0.3) is 0 Å². The molecule has 1 aromatic carbocycles. The lowest BCUT2D eigenvalue weighted by Gasteiger charge is -2.42. The minimum Gasteiger partial charge on any atom is -0.394 e. The zero-order chi connectivity index (χ0) is 76.9. The van der Waals surface area contributed by atoms with Gasteiger partial charge in [-0.05, 0) is 100 Å². The van der Waals surface area contributed by atoms with Gasteiger partial charge in [-0.3, -0.25) is 52.2 Å². The number of amides is 7. The molecule has 594 valence electrons. The van der Waals surface area contributed by atoms with Crippen LogP contribution in [0.3, 0.4) is 0 Å². The van der Waals surface area contributed by atoms with Crippen molar-refractivity contribution in [3.05, 3.63) is 34.9 Å². The SMILES string of the molecule is COP(=O)(O)OCc1cc(CO)cc(CNC(=O)CCCCC(=O)[C@H](CCCCNC(=O)CCCCO[C@@H]2O[C@H](CO)[C@H](O)[C@H](O)[C@H]2NC(C)=O)NC(=O)[C@H](CCCCCC(=O)CCCCO[C@@H]2O[C@H](CO)[C@H](O)[C@H](O)[C@H]2NC(C)=O)NC(=O)CCCCO[C@@H]2O[C@H](CO)[C@H](O)[C@H](O)[C@H]2NC(C)=O)c1. The normalized spacial score (nSPS) is 25.9. The highest BCUT2D eigenvalue weighted by molar-refractivity contribution is 7.47. The third-order valence-electron chi connectivity index (χ3n) is 17.6. The maximum atomic E-state index is 14.5. The number of rotatable bonds is 51. The van der Waals surface area contributed by atoms with Crippen LogP contribution in [0, 0.1) is 0 Å². The Hall–Kier alpha value is -5.68. The maximum absolute atomic E-state index is 14.5. The van der Waals surface area contributed by atoms with Gasteiger partial charge in [0.05, 0.1) is 39.1 Å². The van der Waals surface area contributed by atoms with E-state index in [1.165, 1.54) is 20.8 Å². The highest BCUT2D eigenvalue weighted by Gasteiger charge is 2.48. The fourth-order valence-electron chi connectivity index (χ4n) is 11.9. The van der Waals surface area contributed by atoms with Crippen LogP contribution >= 0.6 is 7.82 Å². The molecule has 0 radical (unpaired) electrons. The van der Waals surface area contributed by atoms with Crippen molar-refractivity contribution in [2.24, 2.45) is 0 Å². The fourth-order valence-corrected chi connectivity index (χ4v) is 12.3. The molecular weight excluding hydrogens is 1400 g/mol. The zero-order valence-electron chi connectivity index (χ0n) is 59.7. The number of carbonyl (C=O) groups is 9. The number of nitrogens with one attached hydrogen (secondary N) is 7. The fraction of sp³-hybridized carbons (Fsp3) is 0.776. The second-order valence-electron chi connectivity index (χ2n) is 26.1. The van der Waals surface area contributed by atoms with Crippen molar-refractivity contribution in [3.63, 3.8) is 0 Å². The van der Waals surface area contributed by atoms with Gasteiger partial charge in [0.1, 0.15) is 84.9 Å². The van der Waals surface area contributed by atoms with E-state index in [2.05, 4.69) is 41.7 Å². The minimum absolute atomic E-state index is 0.00217. The number of ketones is 2. The van der Waals surface area contributed by atoms with Gasteiger partial charge >= 0.3 is 7.82 Å². The lowest BCUT2D eigenvalue weighted by Crippen LogP contribution is -2.64. The average Bonchev–Trinajstić information content (AvgIpc) is 0.820. The van der Waals surface area contributed by atoms with E-state index in [4.69, 9.17) is 32.9 Å². The van der Waals surface area contributed by atoms with E-state index in [0.29, 0.717) is 74.5 Å². The van der Waals surface area contributed by atoms with Gasteiger partial charge in [-0.2, -0.15) is 0 Å². The first-order valence-electron chi connectivity index (χ1n) is 35.5. The van der Waals surface area contributed by atoms with Crippen LogP contribution in [-0.4, -0.2) is 266 Å². The van der Waals surface area contributed by atoms with Gasteiger partial charge in [0, 0.05) is 99.3 Å². The Balaban J connectivity index is 1.40. The number of hydrogen-bond acceptors (Lipinski definition) is 28. The van der Waals surface area contributed by atoms with Crippen LogP contribution in [0.15, 0.2) is 18.2 Å². The highest BCUT2D eigenvalue weighted by Crippen LogP contribution is 2.43. The number of ether oxygens (including phenoxy) is 6. The summed E-state index contributed by atoms with van der Waals surface area (Å²) in [5.41, 5.74) is 1.45. The van der Waals surface area contributed by atoms with E-state index in [-0.39, 0.29) is 147 Å². The Morgan fingerprint density at radius 3 is 1.34 bits per heavy atom. The van der Waals surface area contributed by atoms with Crippen LogP contribution in [-0.2, 0) is 105 Å². The highest BCUT2D eigenvalue weighted by atomic mass is 31.2. The summed E-state index contributed by atoms with van der Waals surface area (Å²) in [7, 11) is -3.30. The largest absolute Gasteiger partial charge is 0.472 e. The van der Waals surface area contributed by atoms with Crippen LogP contribution in [0.1, 0.15) is 172 Å². The van der Waals surface area contributed by atoms with Gasteiger partial charge in [-0.25, -0.2) is 4.57 Å². The molecule has 1 unspecified atom stereocenters. The van der Waals surface area contributed by atoms with Crippen LogP contribution < -0.4 is 37.2 Å². The smallest absolute Gasteiger partial charge is 0.394 e. The number of hydrogen-bond donors (Lipinski definition) is 18. The van der Waals surface area contributed by atoms with Gasteiger partial charge in [-0.15, -0.1) is 0 Å². The van der Waals surface area contributed by atoms with Gasteiger partial charge < -0.3 is 122 Å². The Labute approximate surface area is 604 Å². The molecular formula is C67H112N7O29P. The summed E-state index contributed by atoms with van der Waals surface area (Å²) in [6, 6.07) is -0.907. The van der Waals surface area contributed by atoms with Crippen molar-refractivity contribution < 1.29 is 141 Å². The Morgan fingerprint density at radius 1 is 0.471 bits per heavy atom. The molecule has 0 bridgehead atoms. The molecule has 0 aliphatic carbocycles. The quantitative estimate of drug-likeness (QED) is 0.0234. The molecule has 4 rings (SSSR count). The van der Waals surface area contributed by atoms with E-state index in [1.54, 1.807) is 18.2 Å². The lowest BCUT2D eigenvalue weighted by atomic mass is 9.97. The first-order chi connectivity index (χ1) is 49.5. The Morgan fingerprint density at radius 2 is 0.875 bits per heavy atom. The average molecular weight is 1510 g/mol. The molecule has 1 aromatic rings. The summed E-state index contributed by atoms with van der Waals surface area (Å²) in [4.78, 5) is 127. The number of benzene rings is 1. The monoisotopic (exact) mass is 1510 g/mol. The molecule has 0 spiro atoms. The lowest BCUT2D eigenvalue weighted by molar-refractivity contribution is -0.270. The molecule has 18 atom stereocenters. The maximum Gasteiger partial charge on any atom is 0.472 e. The van der Waals surface area contributed by atoms with E-state index in [1.807, 2.05) is 0 Å². The molecule has 0 saturated carbocycles. The number of carbonyl (C=O) groups excluding carboxylic acids is 9. The zero-order valence-corrected chi connectivity index (χ0v) is 60.6. The van der Waals surface area contributed by atoms with Crippen molar-refractivity contribution in [2.75, 3.05) is 53.3 Å². The molecule has 7 amide bonds. The number of aliphatic hydroxyl groups excluding tert-OH is 10. The van der Waals surface area contributed by atoms with Crippen LogP contribution in [0.25, 0.3) is 0 Å². The van der Waals surface area contributed by atoms with Crippen molar-refractivity contribution in [1.82, 2.24) is 37.2 Å². The van der Waals surface area contributed by atoms with E-state index in [9.17, 15) is 104 Å². The molecule has 3 fully saturated rings. The van der Waals surface area contributed by atoms with Crippen LogP contribution in [0.2, 0.25) is 0 Å². The first-order valence-corrected chi connectivity index (χ1v) is 37.0. The molecule has 3 saturated heterocycles. The van der Waals surface area contributed by atoms with Crippen molar-refractivity contribution in [1.29, 1.82) is 0 Å². The molecule has 3 heterocycles. The molecule has 0 aromatic heterocycles. The molecule has 3 aliphatic rings. The van der Waals surface area contributed by atoms with Gasteiger partial charge in [-0.1, -0.05) is 31.0 Å². The third-order valence-corrected chi connectivity index (χ3v) is 18.5. The second-order valence-corrected chi connectivity index (χ2v) is 27.7. The number of unbranched alkanes of at least 4 members (excludes halogenated alkanes) is 7. The molecule has 36 nitrogen and oxygen atoms in total. The first kappa shape index (κ1) is 90.7. The summed E-state index contributed by atoms with van der Waals surface area (Å²) in [6.07, 6.45) is -11.5. The Kier molecular flexibility index (Phi) is 42.4. The minimum atomic E-state index is -4.31. The number of phosphoric acid groups is 1. The standard InChI is InChI=1S/C67H112N7O29P/c1-39(79)70-55-61(90)58(87)49(35-76)101-65(55)97-27-15-11-19-45(82)18-6-5-7-21-47(73-54(86)25-13-17-29-99-67-57(72-41(3)81)63(92)60(89)51(37-78)103-67)64(93)74-46(48(83)22-8-9-23-53(85)69-33-42-30-43(34-75)32-44(31-42)38-100-104(94,95)96-4)20-10-14-26-68-52(84)24-12-16-28-98-66-56(71-40(2)80)62(91)59(88)50(36-77)102-66/h30-32,46-47,49-51,55-63,65-67,75-78,87-92H,5-29,33-38H2,1-4H3,(H,68,84)(H,69,85)(H,70,79)(H,71,80)(H,72,81)(H,73,86)(H,74,93)(H,94,95)/t46-,47-,49+,50+,51+,55+,56+,57+,58-,59-,60-,61+,62+,63+,65+,66+,67+/m0/s1. The number of Topliss-reactive ketones (excluding diaryl/α,β-unsaturated/α-hetero) is 2. The van der Waals surface area contributed by atoms with Gasteiger partial charge in [0.2, 0.25) is 41.4 Å². The summed E-state index contributed by atoms with van der Waals surface area (Å²) in [5, 5.41) is 120. The van der Waals surface area contributed by atoms with Crippen molar-refractivity contribution >= 4 is 60.7 Å². The Bertz CT molecular complexity index is 2870. The van der Waals surface area contributed by atoms with Crippen molar-refractivity contribution in [2.45, 2.75) is 279 Å². The van der Waals surface area contributed by atoms with Crippen LogP contribution in [0.5, 0.6) is 0 Å².